The predicted octanol–water partition coefficient (Wildman–Crippen LogP) is 4.09. The largest absolute Gasteiger partial charge is 0.484 e. The molecule has 4 nitrogen and oxygen atoms in total. The maximum absolute atomic E-state index is 12.0. The lowest BCUT2D eigenvalue weighted by molar-refractivity contribution is -0.153. The minimum absolute atomic E-state index is 0.000810. The number of halogens is 4. The van der Waals surface area contributed by atoms with E-state index in [1.54, 1.807) is 0 Å². The van der Waals surface area contributed by atoms with Gasteiger partial charge in [0.25, 0.3) is 0 Å². The molecule has 0 N–H and O–H groups in total. The number of rotatable bonds is 4. The summed E-state index contributed by atoms with van der Waals surface area (Å²) in [5, 5.41) is 3.58. The maximum Gasteiger partial charge on any atom is 0.422 e. The number of benzene rings is 1. The molecule has 0 saturated heterocycles. The topological polar surface area (TPSA) is 58.0 Å². The van der Waals surface area contributed by atoms with Crippen LogP contribution in [0.4, 0.5) is 13.2 Å². The van der Waals surface area contributed by atoms with Crippen molar-refractivity contribution in [2.45, 2.75) is 12.7 Å². The fourth-order valence-corrected chi connectivity index (χ4v) is 1.27. The van der Waals surface area contributed by atoms with Gasteiger partial charge in [-0.3, -0.25) is 0 Å². The third kappa shape index (κ3) is 4.84. The van der Waals surface area contributed by atoms with Gasteiger partial charge in [0.1, 0.15) is 5.75 Å². The summed E-state index contributed by atoms with van der Waals surface area (Å²) in [5.41, 5.74) is 8.46. The Hall–Kier alpha value is -1.59. The molecule has 0 saturated carbocycles. The van der Waals surface area contributed by atoms with E-state index in [1.807, 2.05) is 0 Å². The molecule has 0 radical (unpaired) electrons. The SMILES string of the molecule is [N-]=[N+]=NCc1cc(Cl)ccc1OCC(F)(F)F. The molecule has 17 heavy (non-hydrogen) atoms. The molecule has 0 amide bonds. The summed E-state index contributed by atoms with van der Waals surface area (Å²) in [6.07, 6.45) is -4.42. The van der Waals surface area contributed by atoms with Crippen LogP contribution in [0.5, 0.6) is 5.75 Å². The zero-order valence-electron chi connectivity index (χ0n) is 8.41. The first-order chi connectivity index (χ1) is 7.92. The molecular formula is C9H7ClF3N3O. The van der Waals surface area contributed by atoms with Crippen molar-refractivity contribution in [2.24, 2.45) is 5.11 Å². The number of hydrogen-bond donors (Lipinski definition) is 0. The van der Waals surface area contributed by atoms with Gasteiger partial charge in [-0.15, -0.1) is 0 Å². The molecule has 0 aromatic heterocycles. The van der Waals surface area contributed by atoms with Crippen molar-refractivity contribution >= 4 is 11.6 Å². The van der Waals surface area contributed by atoms with Crippen LogP contribution in [0.2, 0.25) is 5.02 Å². The average molecular weight is 266 g/mol. The number of alkyl halides is 3. The normalized spacial score (nSPS) is 10.8. The number of ether oxygens (including phenoxy) is 1. The van der Waals surface area contributed by atoms with Gasteiger partial charge in [0.2, 0.25) is 0 Å². The molecule has 0 heterocycles. The Morgan fingerprint density at radius 3 is 2.71 bits per heavy atom. The van der Waals surface area contributed by atoms with E-state index in [-0.39, 0.29) is 12.3 Å². The molecule has 0 unspecified atom stereocenters. The lowest BCUT2D eigenvalue weighted by atomic mass is 10.2. The van der Waals surface area contributed by atoms with Crippen molar-refractivity contribution < 1.29 is 17.9 Å². The highest BCUT2D eigenvalue weighted by Crippen LogP contribution is 2.26. The van der Waals surface area contributed by atoms with Gasteiger partial charge in [0, 0.05) is 15.5 Å². The summed E-state index contributed by atoms with van der Waals surface area (Å²) in [7, 11) is 0. The van der Waals surface area contributed by atoms with Crippen LogP contribution in [-0.4, -0.2) is 12.8 Å². The predicted molar refractivity (Wildman–Crippen MR) is 55.9 cm³/mol. The second-order valence-electron chi connectivity index (χ2n) is 3.04. The van der Waals surface area contributed by atoms with E-state index >= 15 is 0 Å². The zero-order chi connectivity index (χ0) is 12.9. The molecule has 92 valence electrons. The number of nitrogens with zero attached hydrogens (tertiary/aromatic N) is 3. The Bertz CT molecular complexity index is 444. The molecule has 0 atom stereocenters. The molecule has 0 aliphatic rings. The van der Waals surface area contributed by atoms with Gasteiger partial charge in [-0.05, 0) is 23.7 Å². The van der Waals surface area contributed by atoms with Gasteiger partial charge in [0.15, 0.2) is 6.61 Å². The second-order valence-corrected chi connectivity index (χ2v) is 3.48. The second kappa shape index (κ2) is 5.65. The van der Waals surface area contributed by atoms with Crippen LogP contribution < -0.4 is 4.74 Å². The van der Waals surface area contributed by atoms with Crippen molar-refractivity contribution in [3.63, 3.8) is 0 Å². The van der Waals surface area contributed by atoms with Gasteiger partial charge < -0.3 is 4.74 Å². The first-order valence-corrected chi connectivity index (χ1v) is 4.79. The molecule has 8 heteroatoms. The summed E-state index contributed by atoms with van der Waals surface area (Å²) >= 11 is 5.67. The average Bonchev–Trinajstić information content (AvgIpc) is 2.23. The lowest BCUT2D eigenvalue weighted by Gasteiger charge is -2.12. The van der Waals surface area contributed by atoms with Gasteiger partial charge in [-0.25, -0.2) is 0 Å². The molecule has 0 spiro atoms. The summed E-state index contributed by atoms with van der Waals surface area (Å²) in [5.74, 6) is -0.000810. The van der Waals surface area contributed by atoms with E-state index in [9.17, 15) is 13.2 Å². The third-order valence-corrected chi connectivity index (χ3v) is 1.95. The van der Waals surface area contributed by atoms with Gasteiger partial charge in [0.05, 0.1) is 6.54 Å². The van der Waals surface area contributed by atoms with E-state index < -0.39 is 12.8 Å². The molecule has 0 aliphatic heterocycles. The summed E-state index contributed by atoms with van der Waals surface area (Å²) in [6.45, 7) is -1.53. The van der Waals surface area contributed by atoms with Crippen molar-refractivity contribution in [2.75, 3.05) is 6.61 Å². The van der Waals surface area contributed by atoms with Gasteiger partial charge in [-0.2, -0.15) is 13.2 Å². The highest BCUT2D eigenvalue weighted by molar-refractivity contribution is 6.30. The molecule has 1 rings (SSSR count). The fourth-order valence-electron chi connectivity index (χ4n) is 1.08. The third-order valence-electron chi connectivity index (χ3n) is 1.72. The highest BCUT2D eigenvalue weighted by Gasteiger charge is 2.28. The van der Waals surface area contributed by atoms with Crippen LogP contribution in [-0.2, 0) is 6.54 Å². The smallest absolute Gasteiger partial charge is 0.422 e. The van der Waals surface area contributed by atoms with Crippen molar-refractivity contribution in [3.8, 4) is 5.75 Å². The van der Waals surface area contributed by atoms with Gasteiger partial charge >= 0.3 is 6.18 Å². The van der Waals surface area contributed by atoms with E-state index in [2.05, 4.69) is 14.8 Å². The van der Waals surface area contributed by atoms with Crippen LogP contribution in [0.25, 0.3) is 10.4 Å². The van der Waals surface area contributed by atoms with Crippen molar-refractivity contribution in [1.82, 2.24) is 0 Å². The summed E-state index contributed by atoms with van der Waals surface area (Å²) in [4.78, 5) is 2.51. The quantitative estimate of drug-likeness (QED) is 0.459. The molecule has 0 bridgehead atoms. The number of hydrogen-bond acceptors (Lipinski definition) is 2. The highest BCUT2D eigenvalue weighted by atomic mass is 35.5. The fraction of sp³-hybridized carbons (Fsp3) is 0.333. The monoisotopic (exact) mass is 265 g/mol. The standard InChI is InChI=1S/C9H7ClF3N3O/c10-7-1-2-8(17-5-9(11,12)13)6(3-7)4-15-16-14/h1-3H,4-5H2. The summed E-state index contributed by atoms with van der Waals surface area (Å²) < 4.78 is 40.5. The minimum Gasteiger partial charge on any atom is -0.484 e. The molecule has 1 aromatic carbocycles. The van der Waals surface area contributed by atoms with Gasteiger partial charge in [-0.1, -0.05) is 16.7 Å². The molecule has 1 aromatic rings. The number of azide groups is 1. The Labute approximate surface area is 99.6 Å². The Balaban J connectivity index is 2.86. The minimum atomic E-state index is -4.42. The van der Waals surface area contributed by atoms with Crippen LogP contribution in [0.1, 0.15) is 5.56 Å². The molecule has 0 aliphatic carbocycles. The van der Waals surface area contributed by atoms with E-state index in [0.29, 0.717) is 10.6 Å². The van der Waals surface area contributed by atoms with E-state index in [4.69, 9.17) is 17.1 Å². The Morgan fingerprint density at radius 2 is 2.12 bits per heavy atom. The van der Waals surface area contributed by atoms with Crippen molar-refractivity contribution in [1.29, 1.82) is 0 Å². The first kappa shape index (κ1) is 13.5. The molecule has 0 fully saturated rings. The Kier molecular flexibility index (Phi) is 4.48. The van der Waals surface area contributed by atoms with Crippen LogP contribution >= 0.6 is 11.6 Å². The summed E-state index contributed by atoms with van der Waals surface area (Å²) in [6, 6.07) is 4.09. The van der Waals surface area contributed by atoms with Crippen LogP contribution in [0, 0.1) is 0 Å². The zero-order valence-corrected chi connectivity index (χ0v) is 9.16. The van der Waals surface area contributed by atoms with Crippen LogP contribution in [0.15, 0.2) is 23.3 Å². The van der Waals surface area contributed by atoms with Crippen LogP contribution in [0.3, 0.4) is 0 Å². The molecular weight excluding hydrogens is 259 g/mol. The van der Waals surface area contributed by atoms with E-state index in [0.717, 1.165) is 0 Å². The Morgan fingerprint density at radius 1 is 1.41 bits per heavy atom. The van der Waals surface area contributed by atoms with E-state index in [1.165, 1.54) is 18.2 Å². The first-order valence-electron chi connectivity index (χ1n) is 4.41. The maximum atomic E-state index is 12.0. The van der Waals surface area contributed by atoms with Crippen molar-refractivity contribution in [3.05, 3.63) is 39.2 Å². The lowest BCUT2D eigenvalue weighted by Crippen LogP contribution is -2.19.